The second-order valence-corrected chi connectivity index (χ2v) is 6.50. The normalized spacial score (nSPS) is 16.7. The molecule has 5 heteroatoms. The maximum atomic E-state index is 12.5. The number of hydrogen-bond acceptors (Lipinski definition) is 4. The van der Waals surface area contributed by atoms with Crippen molar-refractivity contribution in [3.05, 3.63) is 77.2 Å². The molecule has 0 radical (unpaired) electrons. The standard InChI is InChI=1S/C18H13NO2S2/c20-15-11-9-14(10-12-15)19-17(21)16(23-18(19)22)8-4-7-13-5-2-1-3-6-13/h1-12,20H/b7-4+,16-8+. The summed E-state index contributed by atoms with van der Waals surface area (Å²) in [5, 5.41) is 9.35. The number of aromatic hydroxyl groups is 1. The molecule has 1 amide bonds. The van der Waals surface area contributed by atoms with Crippen LogP contribution in [0.25, 0.3) is 6.08 Å². The first-order chi connectivity index (χ1) is 11.1. The monoisotopic (exact) mass is 339 g/mol. The Morgan fingerprint density at radius 1 is 1.04 bits per heavy atom. The topological polar surface area (TPSA) is 40.5 Å². The molecule has 0 spiro atoms. The minimum atomic E-state index is -0.150. The highest BCUT2D eigenvalue weighted by atomic mass is 32.2. The lowest BCUT2D eigenvalue weighted by atomic mass is 10.2. The second-order valence-electron chi connectivity index (χ2n) is 4.83. The minimum absolute atomic E-state index is 0.150. The highest BCUT2D eigenvalue weighted by Gasteiger charge is 2.32. The number of carbonyl (C=O) groups is 1. The van der Waals surface area contributed by atoms with Crippen molar-refractivity contribution in [1.82, 2.24) is 0 Å². The highest BCUT2D eigenvalue weighted by Crippen LogP contribution is 2.35. The third-order valence-corrected chi connectivity index (χ3v) is 4.56. The van der Waals surface area contributed by atoms with E-state index < -0.39 is 0 Å². The molecule has 2 aromatic rings. The van der Waals surface area contributed by atoms with Crippen molar-refractivity contribution < 1.29 is 9.90 Å². The number of nitrogens with zero attached hydrogens (tertiary/aromatic N) is 1. The van der Waals surface area contributed by atoms with Crippen molar-refractivity contribution >= 4 is 46.0 Å². The number of carbonyl (C=O) groups excluding carboxylic acids is 1. The van der Waals surface area contributed by atoms with Crippen molar-refractivity contribution in [3.8, 4) is 5.75 Å². The molecule has 1 fully saturated rings. The molecule has 3 nitrogen and oxygen atoms in total. The fraction of sp³-hybridized carbons (Fsp3) is 0. The summed E-state index contributed by atoms with van der Waals surface area (Å²) in [6.45, 7) is 0. The lowest BCUT2D eigenvalue weighted by Crippen LogP contribution is -2.27. The van der Waals surface area contributed by atoms with Crippen molar-refractivity contribution in [2.45, 2.75) is 0 Å². The van der Waals surface area contributed by atoms with Crippen LogP contribution >= 0.6 is 24.0 Å². The molecular weight excluding hydrogens is 326 g/mol. The Morgan fingerprint density at radius 2 is 1.74 bits per heavy atom. The van der Waals surface area contributed by atoms with Gasteiger partial charge in [-0.1, -0.05) is 66.5 Å². The first-order valence-electron chi connectivity index (χ1n) is 6.94. The van der Waals surface area contributed by atoms with Gasteiger partial charge in [-0.05, 0) is 35.9 Å². The number of amides is 1. The van der Waals surface area contributed by atoms with Gasteiger partial charge in [0.05, 0.1) is 10.6 Å². The van der Waals surface area contributed by atoms with Crippen LogP contribution in [0.2, 0.25) is 0 Å². The largest absolute Gasteiger partial charge is 0.508 e. The van der Waals surface area contributed by atoms with Gasteiger partial charge in [0, 0.05) is 0 Å². The van der Waals surface area contributed by atoms with Crippen LogP contribution in [-0.4, -0.2) is 15.3 Å². The van der Waals surface area contributed by atoms with Crippen molar-refractivity contribution in [2.75, 3.05) is 4.90 Å². The van der Waals surface area contributed by atoms with E-state index in [2.05, 4.69) is 0 Å². The SMILES string of the molecule is O=C1/C(=C\C=C\c2ccccc2)SC(=S)N1c1ccc(O)cc1. The summed E-state index contributed by atoms with van der Waals surface area (Å²) in [6, 6.07) is 16.3. The van der Waals surface area contributed by atoms with Crippen LogP contribution in [0.5, 0.6) is 5.75 Å². The maximum absolute atomic E-state index is 12.5. The molecular formula is C18H13NO2S2. The van der Waals surface area contributed by atoms with E-state index in [1.807, 2.05) is 42.5 Å². The van der Waals surface area contributed by atoms with Gasteiger partial charge in [-0.25, -0.2) is 0 Å². The van der Waals surface area contributed by atoms with E-state index >= 15 is 0 Å². The third-order valence-electron chi connectivity index (χ3n) is 3.24. The fourth-order valence-corrected chi connectivity index (χ4v) is 3.37. The van der Waals surface area contributed by atoms with Crippen LogP contribution in [0.3, 0.4) is 0 Å². The Labute approximate surface area is 143 Å². The van der Waals surface area contributed by atoms with Crippen molar-refractivity contribution in [1.29, 1.82) is 0 Å². The molecule has 2 aromatic carbocycles. The Morgan fingerprint density at radius 3 is 2.43 bits per heavy atom. The molecule has 1 heterocycles. The number of benzene rings is 2. The van der Waals surface area contributed by atoms with Crippen LogP contribution in [-0.2, 0) is 4.79 Å². The molecule has 23 heavy (non-hydrogen) atoms. The summed E-state index contributed by atoms with van der Waals surface area (Å²) in [4.78, 5) is 14.5. The van der Waals surface area contributed by atoms with E-state index in [9.17, 15) is 9.90 Å². The zero-order valence-corrected chi connectivity index (χ0v) is 13.7. The quantitative estimate of drug-likeness (QED) is 0.666. The van der Waals surface area contributed by atoms with Gasteiger partial charge in [0.2, 0.25) is 0 Å². The molecule has 0 saturated carbocycles. The van der Waals surface area contributed by atoms with Gasteiger partial charge in [-0.15, -0.1) is 0 Å². The number of anilines is 1. The molecule has 0 aromatic heterocycles. The predicted octanol–water partition coefficient (Wildman–Crippen LogP) is 4.35. The molecule has 1 aliphatic heterocycles. The molecule has 0 atom stereocenters. The van der Waals surface area contributed by atoms with E-state index in [-0.39, 0.29) is 11.7 Å². The number of thioether (sulfide) groups is 1. The Hall–Kier alpha value is -2.37. The summed E-state index contributed by atoms with van der Waals surface area (Å²) >= 11 is 6.57. The van der Waals surface area contributed by atoms with Crippen molar-refractivity contribution in [3.63, 3.8) is 0 Å². The van der Waals surface area contributed by atoms with E-state index in [1.54, 1.807) is 18.2 Å². The van der Waals surface area contributed by atoms with Gasteiger partial charge in [0.1, 0.15) is 5.75 Å². The molecule has 0 unspecified atom stereocenters. The Balaban J connectivity index is 1.79. The average Bonchev–Trinajstić information content (AvgIpc) is 2.84. The zero-order chi connectivity index (χ0) is 16.2. The first kappa shape index (κ1) is 15.5. The zero-order valence-electron chi connectivity index (χ0n) is 12.0. The number of phenols is 1. The minimum Gasteiger partial charge on any atom is -0.508 e. The molecule has 0 bridgehead atoms. The van der Waals surface area contributed by atoms with Gasteiger partial charge < -0.3 is 5.11 Å². The fourth-order valence-electron chi connectivity index (χ4n) is 2.12. The summed E-state index contributed by atoms with van der Waals surface area (Å²) in [5.41, 5.74) is 1.72. The second kappa shape index (κ2) is 6.81. The lowest BCUT2D eigenvalue weighted by Gasteiger charge is -2.14. The summed E-state index contributed by atoms with van der Waals surface area (Å²) < 4.78 is 0.486. The number of rotatable bonds is 3. The van der Waals surface area contributed by atoms with Gasteiger partial charge in [-0.3, -0.25) is 9.69 Å². The average molecular weight is 339 g/mol. The van der Waals surface area contributed by atoms with E-state index in [0.717, 1.165) is 5.56 Å². The molecule has 0 aliphatic carbocycles. The predicted molar refractivity (Wildman–Crippen MR) is 99.3 cm³/mol. The van der Waals surface area contributed by atoms with Crippen LogP contribution < -0.4 is 4.90 Å². The van der Waals surface area contributed by atoms with Crippen LogP contribution in [0.1, 0.15) is 5.56 Å². The first-order valence-corrected chi connectivity index (χ1v) is 8.16. The molecule has 114 valence electrons. The summed E-state index contributed by atoms with van der Waals surface area (Å²) in [7, 11) is 0. The molecule has 1 saturated heterocycles. The number of thiocarbonyl (C=S) groups is 1. The van der Waals surface area contributed by atoms with Crippen molar-refractivity contribution in [2.24, 2.45) is 0 Å². The van der Waals surface area contributed by atoms with E-state index in [1.165, 1.54) is 28.8 Å². The lowest BCUT2D eigenvalue weighted by molar-refractivity contribution is -0.113. The Bertz CT molecular complexity index is 796. The number of hydrogen-bond donors (Lipinski definition) is 1. The number of phenolic OH excluding ortho intramolecular Hbond substituents is 1. The Kier molecular flexibility index (Phi) is 4.60. The van der Waals surface area contributed by atoms with Crippen LogP contribution in [0.4, 0.5) is 5.69 Å². The van der Waals surface area contributed by atoms with Crippen LogP contribution in [0, 0.1) is 0 Å². The van der Waals surface area contributed by atoms with E-state index in [4.69, 9.17) is 12.2 Å². The highest BCUT2D eigenvalue weighted by molar-refractivity contribution is 8.27. The smallest absolute Gasteiger partial charge is 0.270 e. The number of allylic oxidation sites excluding steroid dienone is 2. The van der Waals surface area contributed by atoms with Gasteiger partial charge in [0.15, 0.2) is 4.32 Å². The van der Waals surface area contributed by atoms with Gasteiger partial charge in [0.25, 0.3) is 5.91 Å². The van der Waals surface area contributed by atoms with Gasteiger partial charge >= 0.3 is 0 Å². The summed E-state index contributed by atoms with van der Waals surface area (Å²) in [6.07, 6.45) is 5.55. The van der Waals surface area contributed by atoms with E-state index in [0.29, 0.717) is 14.9 Å². The maximum Gasteiger partial charge on any atom is 0.270 e. The molecule has 3 rings (SSSR count). The summed E-state index contributed by atoms with van der Waals surface area (Å²) in [5.74, 6) is 0.00364. The third kappa shape index (κ3) is 3.52. The van der Waals surface area contributed by atoms with Crippen LogP contribution in [0.15, 0.2) is 71.7 Å². The molecule has 1 N–H and O–H groups in total. The van der Waals surface area contributed by atoms with Gasteiger partial charge in [-0.2, -0.15) is 0 Å². The molecule has 1 aliphatic rings.